The molecule has 3 N–H and O–H groups in total. The SMILES string of the molecule is O=C(Nc1ccc2cc[nH]c2c1)c1ccccc1NC(=O)C1CCN(c2ccncc2)CC1. The number of carbonyl (C=O) groups excluding carboxylic acids is 2. The lowest BCUT2D eigenvalue weighted by molar-refractivity contribution is -0.120. The molecule has 1 aliphatic rings. The zero-order valence-corrected chi connectivity index (χ0v) is 18.1. The van der Waals surface area contributed by atoms with Crippen molar-refractivity contribution in [3.05, 3.63) is 84.8 Å². The molecule has 5 rings (SSSR count). The molecule has 0 aliphatic carbocycles. The molecule has 1 aliphatic heterocycles. The van der Waals surface area contributed by atoms with Gasteiger partial charge in [0.15, 0.2) is 0 Å². The van der Waals surface area contributed by atoms with Crippen LogP contribution in [0.2, 0.25) is 0 Å². The fraction of sp³-hybridized carbons (Fsp3) is 0.192. The third-order valence-electron chi connectivity index (χ3n) is 6.14. The minimum Gasteiger partial charge on any atom is -0.371 e. The lowest BCUT2D eigenvalue weighted by Gasteiger charge is -2.33. The zero-order chi connectivity index (χ0) is 22.6. The average Bonchev–Trinajstić information content (AvgIpc) is 3.33. The average molecular weight is 440 g/mol. The Balaban J connectivity index is 1.24. The van der Waals surface area contributed by atoms with E-state index in [1.54, 1.807) is 30.6 Å². The monoisotopic (exact) mass is 439 g/mol. The van der Waals surface area contributed by atoms with Crippen LogP contribution in [-0.4, -0.2) is 34.9 Å². The van der Waals surface area contributed by atoms with Gasteiger partial charge in [-0.05, 0) is 60.7 Å². The summed E-state index contributed by atoms with van der Waals surface area (Å²) in [6.45, 7) is 1.62. The molecule has 2 aromatic carbocycles. The third-order valence-corrected chi connectivity index (χ3v) is 6.14. The number of hydrogen-bond donors (Lipinski definition) is 3. The molecule has 0 unspecified atom stereocenters. The first-order chi connectivity index (χ1) is 16.2. The summed E-state index contributed by atoms with van der Waals surface area (Å²) < 4.78 is 0. The number of fused-ring (bicyclic) bond motifs is 1. The van der Waals surface area contributed by atoms with Gasteiger partial charge in [-0.3, -0.25) is 14.6 Å². The van der Waals surface area contributed by atoms with Crippen LogP contribution in [0.5, 0.6) is 0 Å². The molecule has 2 amide bonds. The predicted octanol–water partition coefficient (Wildman–Crippen LogP) is 4.67. The molecule has 0 spiro atoms. The van der Waals surface area contributed by atoms with E-state index < -0.39 is 0 Å². The van der Waals surface area contributed by atoms with Crippen molar-refractivity contribution >= 4 is 39.8 Å². The van der Waals surface area contributed by atoms with Crippen molar-refractivity contribution in [1.29, 1.82) is 0 Å². The predicted molar refractivity (Wildman–Crippen MR) is 130 cm³/mol. The number of benzene rings is 2. The highest BCUT2D eigenvalue weighted by molar-refractivity contribution is 6.10. The van der Waals surface area contributed by atoms with E-state index in [4.69, 9.17) is 0 Å². The number of piperidine rings is 1. The van der Waals surface area contributed by atoms with Gasteiger partial charge in [0.05, 0.1) is 11.3 Å². The molecular formula is C26H25N5O2. The highest BCUT2D eigenvalue weighted by Crippen LogP contribution is 2.25. The number of aromatic amines is 1. The van der Waals surface area contributed by atoms with Crippen molar-refractivity contribution in [3.63, 3.8) is 0 Å². The zero-order valence-electron chi connectivity index (χ0n) is 18.1. The van der Waals surface area contributed by atoms with E-state index in [1.165, 1.54) is 0 Å². The summed E-state index contributed by atoms with van der Waals surface area (Å²) in [5.41, 5.74) is 3.74. The lowest BCUT2D eigenvalue weighted by atomic mass is 9.95. The summed E-state index contributed by atoms with van der Waals surface area (Å²) in [4.78, 5) is 35.4. The Morgan fingerprint density at radius 2 is 1.73 bits per heavy atom. The molecule has 0 saturated carbocycles. The van der Waals surface area contributed by atoms with Gasteiger partial charge in [0, 0.05) is 54.5 Å². The van der Waals surface area contributed by atoms with E-state index in [0.29, 0.717) is 16.9 Å². The van der Waals surface area contributed by atoms with Gasteiger partial charge in [0.2, 0.25) is 5.91 Å². The van der Waals surface area contributed by atoms with Gasteiger partial charge in [-0.25, -0.2) is 0 Å². The number of para-hydroxylation sites is 1. The molecule has 0 atom stereocenters. The highest BCUT2D eigenvalue weighted by Gasteiger charge is 2.26. The second-order valence-corrected chi connectivity index (χ2v) is 8.24. The van der Waals surface area contributed by atoms with Crippen LogP contribution in [0.25, 0.3) is 10.9 Å². The van der Waals surface area contributed by atoms with Crippen molar-refractivity contribution in [1.82, 2.24) is 9.97 Å². The molecule has 2 aromatic heterocycles. The van der Waals surface area contributed by atoms with Crippen LogP contribution in [-0.2, 0) is 4.79 Å². The molecule has 1 fully saturated rings. The Hall–Kier alpha value is -4.13. The van der Waals surface area contributed by atoms with E-state index in [0.717, 1.165) is 42.5 Å². The maximum absolute atomic E-state index is 13.0. The summed E-state index contributed by atoms with van der Waals surface area (Å²) in [6, 6.07) is 18.8. The summed E-state index contributed by atoms with van der Waals surface area (Å²) in [5, 5.41) is 7.01. The van der Waals surface area contributed by atoms with Gasteiger partial charge in [-0.15, -0.1) is 0 Å². The molecule has 7 heteroatoms. The van der Waals surface area contributed by atoms with E-state index in [2.05, 4.69) is 25.5 Å². The van der Waals surface area contributed by atoms with Crippen LogP contribution >= 0.6 is 0 Å². The van der Waals surface area contributed by atoms with E-state index in [9.17, 15) is 9.59 Å². The fourth-order valence-electron chi connectivity index (χ4n) is 4.30. The summed E-state index contributed by atoms with van der Waals surface area (Å²) in [7, 11) is 0. The van der Waals surface area contributed by atoms with Crippen molar-refractivity contribution in [2.45, 2.75) is 12.8 Å². The molecule has 166 valence electrons. The number of rotatable bonds is 5. The van der Waals surface area contributed by atoms with Crippen LogP contribution in [0.4, 0.5) is 17.1 Å². The maximum atomic E-state index is 13.0. The third kappa shape index (κ3) is 4.57. The van der Waals surface area contributed by atoms with Gasteiger partial charge in [0.25, 0.3) is 5.91 Å². The first-order valence-electron chi connectivity index (χ1n) is 11.1. The number of carbonyl (C=O) groups is 2. The molecule has 33 heavy (non-hydrogen) atoms. The second-order valence-electron chi connectivity index (χ2n) is 8.24. The largest absolute Gasteiger partial charge is 0.371 e. The minimum absolute atomic E-state index is 0.0440. The number of hydrogen-bond acceptors (Lipinski definition) is 4. The van der Waals surface area contributed by atoms with Crippen molar-refractivity contribution < 1.29 is 9.59 Å². The number of nitrogens with zero attached hydrogens (tertiary/aromatic N) is 2. The fourth-order valence-corrected chi connectivity index (χ4v) is 4.30. The van der Waals surface area contributed by atoms with Gasteiger partial charge in [-0.1, -0.05) is 18.2 Å². The maximum Gasteiger partial charge on any atom is 0.257 e. The number of H-pyrrole nitrogens is 1. The standard InChI is InChI=1S/C26H25N5O2/c32-25(19-10-15-31(16-11-19)21-8-12-27-13-9-21)30-23-4-2-1-3-22(23)26(33)29-20-6-5-18-7-14-28-24(18)17-20/h1-9,12-14,17,19,28H,10-11,15-16H2,(H,29,33)(H,30,32). The number of pyridine rings is 1. The number of aromatic nitrogens is 2. The molecule has 0 bridgehead atoms. The Morgan fingerprint density at radius 3 is 2.55 bits per heavy atom. The number of nitrogens with one attached hydrogen (secondary N) is 3. The molecular weight excluding hydrogens is 414 g/mol. The summed E-state index contributed by atoms with van der Waals surface area (Å²) in [6.07, 6.45) is 6.96. The molecule has 1 saturated heterocycles. The van der Waals surface area contributed by atoms with Crippen LogP contribution < -0.4 is 15.5 Å². The molecule has 4 aromatic rings. The van der Waals surface area contributed by atoms with Gasteiger partial charge in [-0.2, -0.15) is 0 Å². The van der Waals surface area contributed by atoms with Crippen molar-refractivity contribution in [2.24, 2.45) is 5.92 Å². The summed E-state index contributed by atoms with van der Waals surface area (Å²) >= 11 is 0. The van der Waals surface area contributed by atoms with Gasteiger partial charge in [0.1, 0.15) is 0 Å². The van der Waals surface area contributed by atoms with E-state index in [-0.39, 0.29) is 17.7 Å². The van der Waals surface area contributed by atoms with E-state index >= 15 is 0 Å². The smallest absolute Gasteiger partial charge is 0.257 e. The molecule has 7 nitrogen and oxygen atoms in total. The lowest BCUT2D eigenvalue weighted by Crippen LogP contribution is -2.38. The topological polar surface area (TPSA) is 90.1 Å². The van der Waals surface area contributed by atoms with Gasteiger partial charge < -0.3 is 20.5 Å². The summed E-state index contributed by atoms with van der Waals surface area (Å²) in [5.74, 6) is -0.392. The molecule has 0 radical (unpaired) electrons. The Morgan fingerprint density at radius 1 is 0.939 bits per heavy atom. The number of amides is 2. The van der Waals surface area contributed by atoms with E-state index in [1.807, 2.05) is 48.7 Å². The first kappa shape index (κ1) is 20.8. The van der Waals surface area contributed by atoms with Crippen LogP contribution in [0.3, 0.4) is 0 Å². The highest BCUT2D eigenvalue weighted by atomic mass is 16.2. The van der Waals surface area contributed by atoms with Crippen LogP contribution in [0.15, 0.2) is 79.3 Å². The Labute approximate surface area is 191 Å². The number of anilines is 3. The first-order valence-corrected chi connectivity index (χ1v) is 11.1. The minimum atomic E-state index is -0.260. The van der Waals surface area contributed by atoms with Crippen LogP contribution in [0.1, 0.15) is 23.2 Å². The van der Waals surface area contributed by atoms with Crippen molar-refractivity contribution in [2.75, 3.05) is 28.6 Å². The quantitative estimate of drug-likeness (QED) is 0.422. The normalized spacial score (nSPS) is 14.2. The van der Waals surface area contributed by atoms with Gasteiger partial charge >= 0.3 is 0 Å². The Kier molecular flexibility index (Phi) is 5.76. The van der Waals surface area contributed by atoms with Crippen LogP contribution in [0, 0.1) is 5.92 Å². The molecule has 3 heterocycles. The Bertz CT molecular complexity index is 1280. The second kappa shape index (κ2) is 9.16. The van der Waals surface area contributed by atoms with Crippen molar-refractivity contribution in [3.8, 4) is 0 Å².